The summed E-state index contributed by atoms with van der Waals surface area (Å²) in [6.45, 7) is 7.23. The van der Waals surface area contributed by atoms with Crippen molar-refractivity contribution in [3.63, 3.8) is 0 Å². The number of morpholine rings is 1. The van der Waals surface area contributed by atoms with Crippen LogP contribution in [-0.2, 0) is 17.7 Å². The zero-order valence-corrected chi connectivity index (χ0v) is 18.9. The molecular weight excluding hydrogens is 426 g/mol. The number of benzene rings is 1. The van der Waals surface area contributed by atoms with Crippen molar-refractivity contribution in [1.82, 2.24) is 24.1 Å². The molecule has 0 amide bonds. The highest BCUT2D eigenvalue weighted by Crippen LogP contribution is 2.30. The molecule has 0 atom stereocenters. The summed E-state index contributed by atoms with van der Waals surface area (Å²) in [6.07, 6.45) is 5.25. The molecule has 8 heteroatoms. The Bertz CT molecular complexity index is 1310. The first kappa shape index (κ1) is 21.1. The third-order valence-corrected chi connectivity index (χ3v) is 6.35. The average molecular weight is 452 g/mol. The van der Waals surface area contributed by atoms with Crippen molar-refractivity contribution in [3.05, 3.63) is 63.8 Å². The van der Waals surface area contributed by atoms with Gasteiger partial charge in [0, 0.05) is 49.2 Å². The third kappa shape index (κ3) is 3.92. The van der Waals surface area contributed by atoms with E-state index < -0.39 is 0 Å². The molecule has 0 unspecified atom stereocenters. The van der Waals surface area contributed by atoms with Gasteiger partial charge in [-0.05, 0) is 36.6 Å². The number of rotatable bonds is 6. The molecule has 0 radical (unpaired) electrons. The Morgan fingerprint density at radius 2 is 1.88 bits per heavy atom. The number of hydrogen-bond donors (Lipinski definition) is 0. The number of nitrogens with zero attached hydrogens (tertiary/aromatic N) is 5. The van der Waals surface area contributed by atoms with E-state index in [1.54, 1.807) is 15.3 Å². The second-order valence-corrected chi connectivity index (χ2v) is 8.53. The van der Waals surface area contributed by atoms with Gasteiger partial charge in [0.2, 0.25) is 0 Å². The van der Waals surface area contributed by atoms with Crippen molar-refractivity contribution in [2.45, 2.75) is 26.3 Å². The summed E-state index contributed by atoms with van der Waals surface area (Å²) >= 11 is 6.07. The van der Waals surface area contributed by atoms with Crippen molar-refractivity contribution in [1.29, 1.82) is 0 Å². The van der Waals surface area contributed by atoms with Crippen LogP contribution in [0.2, 0.25) is 5.02 Å². The summed E-state index contributed by atoms with van der Waals surface area (Å²) in [5.41, 5.74) is 4.45. The number of fused-ring (bicyclic) bond motifs is 3. The number of ether oxygens (including phenoxy) is 1. The molecule has 0 saturated carbocycles. The molecule has 1 aliphatic rings. The first-order valence-electron chi connectivity index (χ1n) is 11.1. The van der Waals surface area contributed by atoms with Gasteiger partial charge in [0.05, 0.1) is 29.8 Å². The zero-order valence-electron chi connectivity index (χ0n) is 18.1. The van der Waals surface area contributed by atoms with E-state index in [1.165, 1.54) is 0 Å². The predicted octanol–water partition coefficient (Wildman–Crippen LogP) is 3.65. The van der Waals surface area contributed by atoms with Crippen LogP contribution in [-0.4, -0.2) is 56.9 Å². The number of hydrogen-bond acceptors (Lipinski definition) is 5. The maximum Gasteiger partial charge on any atom is 0.261 e. The smallest absolute Gasteiger partial charge is 0.261 e. The molecule has 7 nitrogen and oxygen atoms in total. The fraction of sp³-hybridized carbons (Fsp3) is 0.375. The van der Waals surface area contributed by atoms with Crippen molar-refractivity contribution >= 4 is 28.2 Å². The van der Waals surface area contributed by atoms with E-state index >= 15 is 0 Å². The van der Waals surface area contributed by atoms with Gasteiger partial charge in [-0.2, -0.15) is 5.10 Å². The van der Waals surface area contributed by atoms with E-state index in [4.69, 9.17) is 21.4 Å². The van der Waals surface area contributed by atoms with Gasteiger partial charge in [-0.3, -0.25) is 9.69 Å². The van der Waals surface area contributed by atoms with Gasteiger partial charge >= 0.3 is 0 Å². The Balaban J connectivity index is 1.49. The molecule has 5 rings (SSSR count). The van der Waals surface area contributed by atoms with Gasteiger partial charge in [0.15, 0.2) is 5.65 Å². The molecule has 3 aromatic heterocycles. The molecule has 0 spiro atoms. The molecule has 166 valence electrons. The van der Waals surface area contributed by atoms with E-state index in [-0.39, 0.29) is 5.56 Å². The maximum atomic E-state index is 13.2. The number of halogens is 1. The second-order valence-electron chi connectivity index (χ2n) is 8.10. The molecule has 4 heterocycles. The Kier molecular flexibility index (Phi) is 5.95. The molecule has 4 aromatic rings. The molecule has 1 fully saturated rings. The zero-order chi connectivity index (χ0) is 22.1. The van der Waals surface area contributed by atoms with E-state index in [0.29, 0.717) is 17.0 Å². The van der Waals surface area contributed by atoms with Crippen LogP contribution in [0.25, 0.3) is 27.7 Å². The van der Waals surface area contributed by atoms with E-state index in [0.717, 1.165) is 73.7 Å². The molecule has 0 aliphatic carbocycles. The lowest BCUT2D eigenvalue weighted by Gasteiger charge is -2.26. The summed E-state index contributed by atoms with van der Waals surface area (Å²) in [5.74, 6) is 0. The monoisotopic (exact) mass is 451 g/mol. The Labute approximate surface area is 191 Å². The number of aromatic nitrogens is 4. The van der Waals surface area contributed by atoms with Crippen molar-refractivity contribution < 1.29 is 4.74 Å². The van der Waals surface area contributed by atoms with Crippen molar-refractivity contribution in [3.8, 4) is 11.1 Å². The topological polar surface area (TPSA) is 64.7 Å². The van der Waals surface area contributed by atoms with Crippen LogP contribution < -0.4 is 5.56 Å². The summed E-state index contributed by atoms with van der Waals surface area (Å²) in [4.78, 5) is 20.2. The molecule has 0 N–H and O–H groups in total. The number of aryl methyl sites for hydroxylation is 2. The third-order valence-electron chi connectivity index (χ3n) is 6.10. The molecular formula is C24H26ClN5O2. The summed E-state index contributed by atoms with van der Waals surface area (Å²) < 4.78 is 8.98. The Morgan fingerprint density at radius 3 is 2.62 bits per heavy atom. The standard InChI is InChI=1S/C24H26ClN5O2/c1-2-20-22(17-4-6-18(25)7-5-17)23-26-16-19-21(30(23)27-20)8-11-29(24(19)31)10-3-9-28-12-14-32-15-13-28/h4-8,11,16H,2-3,9-10,12-15H2,1H3. The molecule has 0 bridgehead atoms. The minimum atomic E-state index is -0.0273. The Morgan fingerprint density at radius 1 is 1.09 bits per heavy atom. The molecule has 32 heavy (non-hydrogen) atoms. The highest BCUT2D eigenvalue weighted by atomic mass is 35.5. The predicted molar refractivity (Wildman–Crippen MR) is 126 cm³/mol. The van der Waals surface area contributed by atoms with Crippen molar-refractivity contribution in [2.75, 3.05) is 32.8 Å². The Hall–Kier alpha value is -2.74. The molecule has 1 aromatic carbocycles. The summed E-state index contributed by atoms with van der Waals surface area (Å²) in [7, 11) is 0. The van der Waals surface area contributed by atoms with Crippen LogP contribution in [0.1, 0.15) is 19.0 Å². The number of pyridine rings is 1. The molecule has 1 saturated heterocycles. The lowest BCUT2D eigenvalue weighted by molar-refractivity contribution is 0.0369. The largest absolute Gasteiger partial charge is 0.379 e. The van der Waals surface area contributed by atoms with Crippen LogP contribution in [0.4, 0.5) is 0 Å². The minimum Gasteiger partial charge on any atom is -0.379 e. The minimum absolute atomic E-state index is 0.0273. The van der Waals surface area contributed by atoms with E-state index in [2.05, 4.69) is 16.8 Å². The van der Waals surface area contributed by atoms with Crippen LogP contribution in [0, 0.1) is 0 Å². The lowest BCUT2D eigenvalue weighted by atomic mass is 10.0. The van der Waals surface area contributed by atoms with Crippen molar-refractivity contribution in [2.24, 2.45) is 0 Å². The first-order chi connectivity index (χ1) is 15.7. The fourth-order valence-corrected chi connectivity index (χ4v) is 4.51. The van der Waals surface area contributed by atoms with Gasteiger partial charge < -0.3 is 9.30 Å². The van der Waals surface area contributed by atoms with E-state index in [9.17, 15) is 4.79 Å². The van der Waals surface area contributed by atoms with Crippen LogP contribution in [0.5, 0.6) is 0 Å². The van der Waals surface area contributed by atoms with Crippen LogP contribution >= 0.6 is 11.6 Å². The highest BCUT2D eigenvalue weighted by molar-refractivity contribution is 6.30. The van der Waals surface area contributed by atoms with Gasteiger partial charge in [-0.15, -0.1) is 0 Å². The average Bonchev–Trinajstić information content (AvgIpc) is 3.21. The summed E-state index contributed by atoms with van der Waals surface area (Å²) in [6, 6.07) is 9.68. The summed E-state index contributed by atoms with van der Waals surface area (Å²) in [5, 5.41) is 6.08. The van der Waals surface area contributed by atoms with Crippen LogP contribution in [0.3, 0.4) is 0 Å². The lowest BCUT2D eigenvalue weighted by Crippen LogP contribution is -2.37. The van der Waals surface area contributed by atoms with E-state index in [1.807, 2.05) is 36.5 Å². The quantitative estimate of drug-likeness (QED) is 0.447. The molecule has 1 aliphatic heterocycles. The first-order valence-corrected chi connectivity index (χ1v) is 11.5. The maximum absolute atomic E-state index is 13.2. The van der Waals surface area contributed by atoms with Crippen LogP contribution in [0.15, 0.2) is 47.5 Å². The highest BCUT2D eigenvalue weighted by Gasteiger charge is 2.18. The van der Waals surface area contributed by atoms with Gasteiger partial charge in [0.25, 0.3) is 5.56 Å². The van der Waals surface area contributed by atoms with Gasteiger partial charge in [0.1, 0.15) is 0 Å². The fourth-order valence-electron chi connectivity index (χ4n) is 4.38. The van der Waals surface area contributed by atoms with Gasteiger partial charge in [-0.1, -0.05) is 30.7 Å². The SMILES string of the molecule is CCc1nn2c(ncc3c(=O)n(CCCN4CCOCC4)ccc32)c1-c1ccc(Cl)cc1. The normalized spacial score (nSPS) is 15.1. The second kappa shape index (κ2) is 9.02. The van der Waals surface area contributed by atoms with Gasteiger partial charge in [-0.25, -0.2) is 9.50 Å².